The molecular weight excluding hydrogens is 290 g/mol. The molecule has 0 radical (unpaired) electrons. The normalized spacial score (nSPS) is 25.5. The molecule has 0 N–H and O–H groups in total. The Morgan fingerprint density at radius 1 is 1.00 bits per heavy atom. The molecule has 3 heteroatoms. The van der Waals surface area contributed by atoms with E-state index in [4.69, 9.17) is 0 Å². The molecule has 2 nitrogen and oxygen atoms in total. The van der Waals surface area contributed by atoms with Crippen LogP contribution >= 0.6 is 11.3 Å². The number of hydrogen-bond donors (Lipinski definition) is 0. The fourth-order valence-electron chi connectivity index (χ4n) is 3.91. The van der Waals surface area contributed by atoms with Crippen molar-refractivity contribution in [1.82, 2.24) is 0 Å². The van der Waals surface area contributed by atoms with Gasteiger partial charge in [-0.2, -0.15) is 0 Å². The highest BCUT2D eigenvalue weighted by Crippen LogP contribution is 2.41. The molecule has 0 bridgehead atoms. The van der Waals surface area contributed by atoms with Crippen LogP contribution in [0.25, 0.3) is 5.57 Å². The van der Waals surface area contributed by atoms with Crippen molar-refractivity contribution in [1.29, 1.82) is 0 Å². The van der Waals surface area contributed by atoms with Crippen molar-refractivity contribution in [2.45, 2.75) is 44.9 Å². The van der Waals surface area contributed by atoms with Crippen molar-refractivity contribution >= 4 is 27.7 Å². The van der Waals surface area contributed by atoms with Gasteiger partial charge in [-0.1, -0.05) is 6.08 Å². The highest BCUT2D eigenvalue weighted by molar-refractivity contribution is 7.17. The summed E-state index contributed by atoms with van der Waals surface area (Å²) in [7, 11) is 0. The van der Waals surface area contributed by atoms with E-state index in [1.807, 2.05) is 17.4 Å². The highest BCUT2D eigenvalue weighted by atomic mass is 32.1. The van der Waals surface area contributed by atoms with E-state index in [1.165, 1.54) is 59.8 Å². The number of carbonyl (C=O) groups is 1. The summed E-state index contributed by atoms with van der Waals surface area (Å²) in [5, 5.41) is 1.42. The molecule has 0 aromatic carbocycles. The summed E-state index contributed by atoms with van der Waals surface area (Å²) in [5.74, 6) is 0.937. The van der Waals surface area contributed by atoms with Gasteiger partial charge in [0.15, 0.2) is 5.78 Å². The smallest absolute Gasteiger partial charge is 0.155 e. The Labute approximate surface area is 136 Å². The number of piperidine rings is 1. The van der Waals surface area contributed by atoms with Crippen molar-refractivity contribution in [3.63, 3.8) is 0 Å². The van der Waals surface area contributed by atoms with Gasteiger partial charge in [-0.25, -0.2) is 0 Å². The minimum absolute atomic E-state index is 0.309. The molecule has 2 heterocycles. The molecule has 1 saturated heterocycles. The lowest BCUT2D eigenvalue weighted by atomic mass is 9.78. The Morgan fingerprint density at radius 3 is 2.68 bits per heavy atom. The molecule has 1 aliphatic heterocycles. The molecule has 3 aliphatic rings. The van der Waals surface area contributed by atoms with Crippen LogP contribution in [0.15, 0.2) is 29.9 Å². The molecule has 22 heavy (non-hydrogen) atoms. The number of hydrogen-bond acceptors (Lipinski definition) is 3. The maximum Gasteiger partial charge on any atom is 0.155 e. The van der Waals surface area contributed by atoms with E-state index in [0.29, 0.717) is 11.7 Å². The van der Waals surface area contributed by atoms with Crippen LogP contribution in [0.3, 0.4) is 0 Å². The summed E-state index contributed by atoms with van der Waals surface area (Å²) in [6, 6.07) is 4.57. The molecule has 1 unspecified atom stereocenters. The predicted molar refractivity (Wildman–Crippen MR) is 93.4 cm³/mol. The van der Waals surface area contributed by atoms with Crippen molar-refractivity contribution in [2.75, 3.05) is 18.0 Å². The number of fused-ring (bicyclic) bond motifs is 1. The summed E-state index contributed by atoms with van der Waals surface area (Å²) in [4.78, 5) is 15.6. The third-order valence-corrected chi connectivity index (χ3v) is 6.44. The summed E-state index contributed by atoms with van der Waals surface area (Å²) in [6.07, 6.45) is 12.4. The number of anilines is 1. The van der Waals surface area contributed by atoms with Crippen molar-refractivity contribution in [3.05, 3.63) is 34.7 Å². The number of allylic oxidation sites excluding steroid dienone is 4. The molecule has 0 spiro atoms. The van der Waals surface area contributed by atoms with E-state index < -0.39 is 0 Å². The van der Waals surface area contributed by atoms with Gasteiger partial charge >= 0.3 is 0 Å². The van der Waals surface area contributed by atoms with Gasteiger partial charge in [0.2, 0.25) is 0 Å². The van der Waals surface area contributed by atoms with Crippen LogP contribution in [0.5, 0.6) is 0 Å². The van der Waals surface area contributed by atoms with Gasteiger partial charge in [-0.15, -0.1) is 11.3 Å². The van der Waals surface area contributed by atoms with Crippen LogP contribution in [0.1, 0.15) is 49.8 Å². The average molecular weight is 313 g/mol. The number of carbonyl (C=O) groups excluding carboxylic acids is 1. The van der Waals surface area contributed by atoms with Crippen molar-refractivity contribution in [2.24, 2.45) is 5.92 Å². The second kappa shape index (κ2) is 6.04. The first-order chi connectivity index (χ1) is 10.8. The zero-order valence-electron chi connectivity index (χ0n) is 13.0. The zero-order valence-corrected chi connectivity index (χ0v) is 13.8. The number of thiophene rings is 1. The highest BCUT2D eigenvalue weighted by Gasteiger charge is 2.25. The van der Waals surface area contributed by atoms with Gasteiger partial charge in [-0.05, 0) is 73.8 Å². The second-order valence-electron chi connectivity index (χ2n) is 6.74. The molecule has 0 saturated carbocycles. The van der Waals surface area contributed by atoms with Crippen LogP contribution in [0.2, 0.25) is 0 Å². The molecule has 0 amide bonds. The Morgan fingerprint density at radius 2 is 1.82 bits per heavy atom. The standard InChI is InChI=1S/C19H23NOS/c21-17-7-6-14-4-5-15(12-16(14)13-17)18-8-9-19(22-18)20-10-2-1-3-11-20/h8-9,12-14H,1-7,10-11H2. The van der Waals surface area contributed by atoms with E-state index in [0.717, 1.165) is 19.3 Å². The molecule has 116 valence electrons. The van der Waals surface area contributed by atoms with Crippen LogP contribution in [-0.2, 0) is 4.79 Å². The third-order valence-electron chi connectivity index (χ3n) is 5.22. The minimum Gasteiger partial charge on any atom is -0.363 e. The van der Waals surface area contributed by atoms with E-state index in [9.17, 15) is 4.79 Å². The molecule has 4 rings (SSSR count). The summed E-state index contributed by atoms with van der Waals surface area (Å²) in [6.45, 7) is 2.42. The quantitative estimate of drug-likeness (QED) is 0.780. The Kier molecular flexibility index (Phi) is 3.91. The Balaban J connectivity index is 1.57. The average Bonchev–Trinajstić information content (AvgIpc) is 3.05. The van der Waals surface area contributed by atoms with Gasteiger partial charge in [0, 0.05) is 24.4 Å². The second-order valence-corrected chi connectivity index (χ2v) is 7.80. The van der Waals surface area contributed by atoms with Gasteiger partial charge < -0.3 is 4.90 Å². The first kappa shape index (κ1) is 14.3. The monoisotopic (exact) mass is 313 g/mol. The van der Waals surface area contributed by atoms with E-state index in [2.05, 4.69) is 23.1 Å². The van der Waals surface area contributed by atoms with Crippen molar-refractivity contribution < 1.29 is 4.79 Å². The summed E-state index contributed by atoms with van der Waals surface area (Å²) in [5.41, 5.74) is 2.72. The number of ketones is 1. The molecule has 2 aliphatic carbocycles. The molecule has 1 atom stereocenters. The van der Waals surface area contributed by atoms with Crippen LogP contribution < -0.4 is 4.90 Å². The van der Waals surface area contributed by atoms with Gasteiger partial charge in [0.1, 0.15) is 0 Å². The molecule has 1 aromatic rings. The van der Waals surface area contributed by atoms with Gasteiger partial charge in [-0.3, -0.25) is 4.79 Å². The lowest BCUT2D eigenvalue weighted by Crippen LogP contribution is -2.28. The number of nitrogens with zero attached hydrogens (tertiary/aromatic N) is 1. The molecule has 1 fully saturated rings. The SMILES string of the molecule is O=C1C=C2C=C(c3ccc(N4CCCCC4)s3)CCC2CC1. The van der Waals surface area contributed by atoms with Gasteiger partial charge in [0.25, 0.3) is 0 Å². The van der Waals surface area contributed by atoms with E-state index >= 15 is 0 Å². The molecular formula is C19H23NOS. The lowest BCUT2D eigenvalue weighted by Gasteiger charge is -2.28. The largest absolute Gasteiger partial charge is 0.363 e. The topological polar surface area (TPSA) is 20.3 Å². The Hall–Kier alpha value is -1.35. The zero-order chi connectivity index (χ0) is 14.9. The maximum absolute atomic E-state index is 11.7. The van der Waals surface area contributed by atoms with Crippen LogP contribution in [0, 0.1) is 5.92 Å². The van der Waals surface area contributed by atoms with E-state index in [-0.39, 0.29) is 0 Å². The minimum atomic E-state index is 0.309. The maximum atomic E-state index is 11.7. The summed E-state index contributed by atoms with van der Waals surface area (Å²) < 4.78 is 0. The third kappa shape index (κ3) is 2.79. The fourth-order valence-corrected chi connectivity index (χ4v) is 5.01. The first-order valence-corrected chi connectivity index (χ1v) is 9.41. The van der Waals surface area contributed by atoms with Gasteiger partial charge in [0.05, 0.1) is 5.00 Å². The number of rotatable bonds is 2. The fraction of sp³-hybridized carbons (Fsp3) is 0.526. The first-order valence-electron chi connectivity index (χ1n) is 8.60. The van der Waals surface area contributed by atoms with Crippen molar-refractivity contribution in [3.8, 4) is 0 Å². The predicted octanol–water partition coefficient (Wildman–Crippen LogP) is 4.82. The Bertz CT molecular complexity index is 634. The van der Waals surface area contributed by atoms with E-state index in [1.54, 1.807) is 0 Å². The van der Waals surface area contributed by atoms with Crippen LogP contribution in [-0.4, -0.2) is 18.9 Å². The molecule has 1 aromatic heterocycles. The summed E-state index contributed by atoms with van der Waals surface area (Å²) >= 11 is 1.93. The lowest BCUT2D eigenvalue weighted by molar-refractivity contribution is -0.115. The van der Waals surface area contributed by atoms with Crippen LogP contribution in [0.4, 0.5) is 5.00 Å².